The van der Waals surface area contributed by atoms with Gasteiger partial charge in [0, 0.05) is 10.6 Å². The summed E-state index contributed by atoms with van der Waals surface area (Å²) in [5.41, 5.74) is 8.36. The van der Waals surface area contributed by atoms with E-state index >= 15 is 0 Å². The number of anilines is 4. The van der Waals surface area contributed by atoms with Gasteiger partial charge in [0.15, 0.2) is 12.4 Å². The molecular weight excluding hydrogens is 416 g/mol. The van der Waals surface area contributed by atoms with Crippen molar-refractivity contribution in [3.63, 3.8) is 0 Å². The number of benzene rings is 2. The predicted octanol–water partition coefficient (Wildman–Crippen LogP) is 3.05. The summed E-state index contributed by atoms with van der Waals surface area (Å²) in [6.07, 6.45) is -0.0697. The Kier molecular flexibility index (Phi) is 5.99. The number of ether oxygens (including phenoxy) is 1. The van der Waals surface area contributed by atoms with Crippen LogP contribution in [0.15, 0.2) is 53.4 Å². The lowest BCUT2D eigenvalue weighted by atomic mass is 10.2. The zero-order valence-corrected chi connectivity index (χ0v) is 17.5. The third-order valence-corrected chi connectivity index (χ3v) is 5.79. The number of aryl methyl sites for hydroxylation is 1. The number of carbonyl (C=O) groups excluding carboxylic acids is 2. The van der Waals surface area contributed by atoms with Crippen LogP contribution in [0, 0.1) is 6.92 Å². The summed E-state index contributed by atoms with van der Waals surface area (Å²) in [5.74, 6) is -0.278. The number of carbonyl (C=O) groups is 2. The molecule has 1 amide bonds. The van der Waals surface area contributed by atoms with E-state index < -0.39 is 11.2 Å². The van der Waals surface area contributed by atoms with Gasteiger partial charge < -0.3 is 21.1 Å². The highest BCUT2D eigenvalue weighted by atomic mass is 32.2. The third kappa shape index (κ3) is 5.10. The van der Waals surface area contributed by atoms with Gasteiger partial charge in [0.1, 0.15) is 0 Å². The molecule has 0 unspecified atom stereocenters. The summed E-state index contributed by atoms with van der Waals surface area (Å²) in [7, 11) is 0. The molecule has 0 spiro atoms. The van der Waals surface area contributed by atoms with Crippen LogP contribution in [0.25, 0.3) is 0 Å². The van der Waals surface area contributed by atoms with E-state index in [9.17, 15) is 9.59 Å². The van der Waals surface area contributed by atoms with E-state index in [1.807, 2.05) is 55.5 Å². The van der Waals surface area contributed by atoms with E-state index in [1.165, 1.54) is 11.8 Å². The molecule has 1 aliphatic heterocycles. The lowest BCUT2D eigenvalue weighted by molar-refractivity contribution is -0.146. The van der Waals surface area contributed by atoms with Gasteiger partial charge in [0.05, 0.1) is 17.4 Å². The van der Waals surface area contributed by atoms with E-state index in [1.54, 1.807) is 0 Å². The number of fused-ring (bicyclic) bond motifs is 1. The summed E-state index contributed by atoms with van der Waals surface area (Å²) >= 11 is 1.34. The SMILES string of the molecule is Cc1ccccc1Nc1nc(N)nc(COC(=O)C[C@@H]2Sc3ccccc3NC2=O)n1. The summed E-state index contributed by atoms with van der Waals surface area (Å²) < 4.78 is 5.28. The van der Waals surface area contributed by atoms with Crippen molar-refractivity contribution in [1.29, 1.82) is 0 Å². The number of hydrogen-bond acceptors (Lipinski definition) is 9. The van der Waals surface area contributed by atoms with Crippen LogP contribution >= 0.6 is 11.8 Å². The molecule has 9 nitrogen and oxygen atoms in total. The zero-order valence-electron chi connectivity index (χ0n) is 16.7. The second-order valence-corrected chi connectivity index (χ2v) is 8.07. The summed E-state index contributed by atoms with van der Waals surface area (Å²) in [4.78, 5) is 37.8. The second-order valence-electron chi connectivity index (χ2n) is 6.83. The highest BCUT2D eigenvalue weighted by Gasteiger charge is 2.29. The van der Waals surface area contributed by atoms with Gasteiger partial charge in [-0.2, -0.15) is 15.0 Å². The van der Waals surface area contributed by atoms with Crippen molar-refractivity contribution in [2.75, 3.05) is 16.4 Å². The molecule has 0 fully saturated rings. The first-order valence-corrected chi connectivity index (χ1v) is 10.4. The lowest BCUT2D eigenvalue weighted by Gasteiger charge is -2.23. The van der Waals surface area contributed by atoms with Crippen molar-refractivity contribution in [1.82, 2.24) is 15.0 Å². The average molecular weight is 436 g/mol. The van der Waals surface area contributed by atoms with E-state index in [0.717, 1.165) is 21.8 Å². The summed E-state index contributed by atoms with van der Waals surface area (Å²) in [6, 6.07) is 15.1. The van der Waals surface area contributed by atoms with Gasteiger partial charge in [0.2, 0.25) is 17.8 Å². The monoisotopic (exact) mass is 436 g/mol. The maximum absolute atomic E-state index is 12.3. The van der Waals surface area contributed by atoms with Gasteiger partial charge in [-0.1, -0.05) is 30.3 Å². The van der Waals surface area contributed by atoms with E-state index in [4.69, 9.17) is 10.5 Å². The number of thioether (sulfide) groups is 1. The smallest absolute Gasteiger partial charge is 0.307 e. The molecule has 3 aromatic rings. The standard InChI is InChI=1S/C21H20N6O3S/c1-12-6-2-3-7-13(12)24-21-26-17(25-20(22)27-21)11-30-18(28)10-16-19(29)23-14-8-4-5-9-15(14)31-16/h2-9,16H,10-11H2,1H3,(H,23,29)(H3,22,24,25,26,27)/t16-/m0/s1. The zero-order chi connectivity index (χ0) is 21.8. The molecule has 4 N–H and O–H groups in total. The van der Waals surface area contributed by atoms with Crippen molar-refractivity contribution < 1.29 is 14.3 Å². The molecule has 4 rings (SSSR count). The largest absolute Gasteiger partial charge is 0.457 e. The Balaban J connectivity index is 1.37. The number of rotatable bonds is 6. The molecule has 158 valence electrons. The molecule has 0 saturated carbocycles. The van der Waals surface area contributed by atoms with Crippen LogP contribution in [-0.2, 0) is 20.9 Å². The minimum absolute atomic E-state index is 0.0101. The predicted molar refractivity (Wildman–Crippen MR) is 118 cm³/mol. The maximum atomic E-state index is 12.3. The minimum atomic E-state index is -0.566. The number of nitrogens with two attached hydrogens (primary N) is 1. The van der Waals surface area contributed by atoms with Crippen LogP contribution in [-0.4, -0.2) is 32.1 Å². The van der Waals surface area contributed by atoms with Crippen LogP contribution in [0.2, 0.25) is 0 Å². The summed E-state index contributed by atoms with van der Waals surface area (Å²) in [5, 5.41) is 5.32. The Morgan fingerprint density at radius 2 is 1.94 bits per heavy atom. The average Bonchev–Trinajstić information content (AvgIpc) is 2.74. The topological polar surface area (TPSA) is 132 Å². The number of nitrogen functional groups attached to an aromatic ring is 1. The van der Waals surface area contributed by atoms with Gasteiger partial charge in [-0.25, -0.2) is 0 Å². The fraction of sp³-hybridized carbons (Fsp3) is 0.190. The van der Waals surface area contributed by atoms with Crippen molar-refractivity contribution in [3.05, 3.63) is 59.9 Å². The number of para-hydroxylation sites is 2. The van der Waals surface area contributed by atoms with Gasteiger partial charge >= 0.3 is 5.97 Å². The normalized spacial score (nSPS) is 15.0. The van der Waals surface area contributed by atoms with Crippen LogP contribution in [0.4, 0.5) is 23.3 Å². The molecule has 2 heterocycles. The first kappa shape index (κ1) is 20.6. The minimum Gasteiger partial charge on any atom is -0.457 e. The van der Waals surface area contributed by atoms with Crippen LogP contribution in [0.1, 0.15) is 17.8 Å². The highest BCUT2D eigenvalue weighted by Crippen LogP contribution is 2.36. The molecule has 0 saturated heterocycles. The van der Waals surface area contributed by atoms with Crippen LogP contribution in [0.3, 0.4) is 0 Å². The molecule has 31 heavy (non-hydrogen) atoms. The van der Waals surface area contributed by atoms with Crippen molar-refractivity contribution in [2.45, 2.75) is 30.1 Å². The Morgan fingerprint density at radius 1 is 1.16 bits per heavy atom. The highest BCUT2D eigenvalue weighted by molar-refractivity contribution is 8.01. The van der Waals surface area contributed by atoms with Gasteiger partial charge in [-0.3, -0.25) is 9.59 Å². The molecule has 10 heteroatoms. The molecule has 0 aliphatic carbocycles. The molecule has 0 bridgehead atoms. The molecule has 1 atom stereocenters. The Labute approximate surface area is 182 Å². The Hall–Kier alpha value is -3.66. The van der Waals surface area contributed by atoms with Crippen molar-refractivity contribution >= 4 is 46.9 Å². The van der Waals surface area contributed by atoms with E-state index in [2.05, 4.69) is 25.6 Å². The molecular formula is C21H20N6O3S. The van der Waals surface area contributed by atoms with Gasteiger partial charge in [-0.05, 0) is 30.7 Å². The quantitative estimate of drug-likeness (QED) is 0.499. The number of hydrogen-bond donors (Lipinski definition) is 3. The van der Waals surface area contributed by atoms with Crippen molar-refractivity contribution in [3.8, 4) is 0 Å². The van der Waals surface area contributed by atoms with Gasteiger partial charge in [-0.15, -0.1) is 11.8 Å². The van der Waals surface area contributed by atoms with Crippen molar-refractivity contribution in [2.24, 2.45) is 0 Å². The molecule has 2 aromatic carbocycles. The Bertz CT molecular complexity index is 1140. The third-order valence-electron chi connectivity index (χ3n) is 4.51. The molecule has 0 radical (unpaired) electrons. The van der Waals surface area contributed by atoms with Crippen LogP contribution in [0.5, 0.6) is 0 Å². The van der Waals surface area contributed by atoms with E-state index in [-0.39, 0.29) is 36.7 Å². The fourth-order valence-corrected chi connectivity index (χ4v) is 4.07. The number of aromatic nitrogens is 3. The molecule has 1 aliphatic rings. The molecule has 1 aromatic heterocycles. The number of esters is 1. The van der Waals surface area contributed by atoms with Gasteiger partial charge in [0.25, 0.3) is 0 Å². The second kappa shape index (κ2) is 9.00. The van der Waals surface area contributed by atoms with Crippen LogP contribution < -0.4 is 16.4 Å². The number of nitrogens with one attached hydrogen (secondary N) is 2. The number of nitrogens with zero attached hydrogens (tertiary/aromatic N) is 3. The fourth-order valence-electron chi connectivity index (χ4n) is 2.97. The lowest BCUT2D eigenvalue weighted by Crippen LogP contribution is -2.31. The first-order chi connectivity index (χ1) is 15.0. The summed E-state index contributed by atoms with van der Waals surface area (Å²) in [6.45, 7) is 1.77. The van der Waals surface area contributed by atoms with E-state index in [0.29, 0.717) is 0 Å². The number of amides is 1. The maximum Gasteiger partial charge on any atom is 0.307 e. The Morgan fingerprint density at radius 3 is 2.77 bits per heavy atom. The first-order valence-electron chi connectivity index (χ1n) is 9.53.